The van der Waals surface area contributed by atoms with Gasteiger partial charge in [0.05, 0.1) is 5.75 Å². The number of rotatable bonds is 5. The molecule has 122 valence electrons. The van der Waals surface area contributed by atoms with E-state index < -0.39 is 0 Å². The van der Waals surface area contributed by atoms with Crippen molar-refractivity contribution in [2.45, 2.75) is 11.5 Å². The van der Waals surface area contributed by atoms with Crippen molar-refractivity contribution >= 4 is 23.7 Å². The molecule has 1 aromatic heterocycles. The van der Waals surface area contributed by atoms with Crippen LogP contribution in [-0.2, 0) is 11.5 Å². The van der Waals surface area contributed by atoms with E-state index in [-0.39, 0.29) is 5.95 Å². The van der Waals surface area contributed by atoms with E-state index in [1.165, 1.54) is 0 Å². The molecule has 0 saturated carbocycles. The molecule has 1 aliphatic heterocycles. The molecule has 0 bridgehead atoms. The molecule has 0 radical (unpaired) electrons. The normalized spacial score (nSPS) is 13.0. The topological polar surface area (TPSA) is 86.4 Å². The van der Waals surface area contributed by atoms with Crippen LogP contribution in [0.3, 0.4) is 0 Å². The van der Waals surface area contributed by atoms with Crippen molar-refractivity contribution < 1.29 is 9.47 Å². The van der Waals surface area contributed by atoms with Gasteiger partial charge in [-0.1, -0.05) is 12.1 Å². The lowest BCUT2D eigenvalue weighted by molar-refractivity contribution is 0.170. The molecular formula is C15H19N5O2S. The van der Waals surface area contributed by atoms with Gasteiger partial charge < -0.3 is 20.1 Å². The Bertz CT molecular complexity index is 696. The maximum atomic E-state index is 5.74. The Hall–Kier alpha value is -2.22. The molecule has 0 saturated heterocycles. The highest BCUT2D eigenvalue weighted by Crippen LogP contribution is 2.35. The first kappa shape index (κ1) is 15.7. The zero-order valence-electron chi connectivity index (χ0n) is 13.2. The fourth-order valence-corrected chi connectivity index (χ4v) is 3.05. The summed E-state index contributed by atoms with van der Waals surface area (Å²) in [7, 11) is 3.75. The Balaban J connectivity index is 1.66. The molecule has 1 aliphatic rings. The van der Waals surface area contributed by atoms with Crippen molar-refractivity contribution in [2.24, 2.45) is 0 Å². The molecule has 2 N–H and O–H groups in total. The largest absolute Gasteiger partial charge is 0.486 e. The van der Waals surface area contributed by atoms with Crippen LogP contribution in [-0.4, -0.2) is 42.3 Å². The van der Waals surface area contributed by atoms with Crippen LogP contribution in [0.15, 0.2) is 18.2 Å². The smallest absolute Gasteiger partial charge is 0.229 e. The summed E-state index contributed by atoms with van der Waals surface area (Å²) in [5, 5.41) is 0. The van der Waals surface area contributed by atoms with Crippen LogP contribution in [0.25, 0.3) is 0 Å². The summed E-state index contributed by atoms with van der Waals surface area (Å²) in [5.41, 5.74) is 6.85. The van der Waals surface area contributed by atoms with Gasteiger partial charge in [-0.2, -0.15) is 15.0 Å². The van der Waals surface area contributed by atoms with Gasteiger partial charge >= 0.3 is 0 Å². The number of hydrogen-bond acceptors (Lipinski definition) is 8. The lowest BCUT2D eigenvalue weighted by Crippen LogP contribution is -2.16. The number of para-hydroxylation sites is 1. The van der Waals surface area contributed by atoms with E-state index in [0.717, 1.165) is 22.8 Å². The van der Waals surface area contributed by atoms with Gasteiger partial charge in [-0.3, -0.25) is 0 Å². The van der Waals surface area contributed by atoms with Gasteiger partial charge in [0.2, 0.25) is 11.9 Å². The lowest BCUT2D eigenvalue weighted by atomic mass is 10.2. The molecule has 0 amide bonds. The van der Waals surface area contributed by atoms with E-state index in [1.54, 1.807) is 11.8 Å². The fraction of sp³-hybridized carbons (Fsp3) is 0.400. The number of nitrogens with two attached hydrogens (primary N) is 1. The third-order valence-corrected chi connectivity index (χ3v) is 4.20. The molecule has 23 heavy (non-hydrogen) atoms. The second-order valence-corrected chi connectivity index (χ2v) is 6.22. The summed E-state index contributed by atoms with van der Waals surface area (Å²) in [6.07, 6.45) is 0. The minimum Gasteiger partial charge on any atom is -0.486 e. The Morgan fingerprint density at radius 1 is 1.13 bits per heavy atom. The van der Waals surface area contributed by atoms with Crippen molar-refractivity contribution in [3.8, 4) is 11.5 Å². The predicted molar refractivity (Wildman–Crippen MR) is 91.0 cm³/mol. The van der Waals surface area contributed by atoms with Crippen LogP contribution in [0.1, 0.15) is 11.4 Å². The summed E-state index contributed by atoms with van der Waals surface area (Å²) >= 11 is 1.70. The number of thioether (sulfide) groups is 1. The lowest BCUT2D eigenvalue weighted by Gasteiger charge is -2.20. The molecule has 0 atom stereocenters. The Morgan fingerprint density at radius 2 is 1.96 bits per heavy atom. The predicted octanol–water partition coefficient (Wildman–Crippen LogP) is 1.72. The van der Waals surface area contributed by atoms with E-state index in [2.05, 4.69) is 15.0 Å². The number of anilines is 2. The number of fused-ring (bicyclic) bond motifs is 1. The van der Waals surface area contributed by atoms with Crippen LogP contribution >= 0.6 is 11.8 Å². The maximum Gasteiger partial charge on any atom is 0.229 e. The van der Waals surface area contributed by atoms with Gasteiger partial charge in [0.15, 0.2) is 11.5 Å². The van der Waals surface area contributed by atoms with Crippen LogP contribution in [0, 0.1) is 0 Å². The Labute approximate surface area is 139 Å². The highest BCUT2D eigenvalue weighted by Gasteiger charge is 2.15. The molecule has 2 heterocycles. The minimum absolute atomic E-state index is 0.244. The van der Waals surface area contributed by atoms with Crippen LogP contribution in [0.2, 0.25) is 0 Å². The van der Waals surface area contributed by atoms with E-state index in [4.69, 9.17) is 15.2 Å². The van der Waals surface area contributed by atoms with E-state index in [0.29, 0.717) is 30.7 Å². The second kappa shape index (κ2) is 6.91. The van der Waals surface area contributed by atoms with Gasteiger partial charge in [-0.25, -0.2) is 0 Å². The molecule has 7 nitrogen and oxygen atoms in total. The van der Waals surface area contributed by atoms with Gasteiger partial charge in [-0.15, -0.1) is 11.8 Å². The molecule has 3 rings (SSSR count). The number of aromatic nitrogens is 3. The summed E-state index contributed by atoms with van der Waals surface area (Å²) in [6, 6.07) is 5.96. The molecule has 8 heteroatoms. The average molecular weight is 333 g/mol. The highest BCUT2D eigenvalue weighted by atomic mass is 32.2. The fourth-order valence-electron chi connectivity index (χ4n) is 2.19. The maximum absolute atomic E-state index is 5.74. The average Bonchev–Trinajstić information content (AvgIpc) is 2.54. The van der Waals surface area contributed by atoms with Gasteiger partial charge in [-0.05, 0) is 6.07 Å². The molecule has 0 aliphatic carbocycles. The third kappa shape index (κ3) is 3.76. The van der Waals surface area contributed by atoms with Crippen molar-refractivity contribution in [3.05, 3.63) is 29.6 Å². The summed E-state index contributed by atoms with van der Waals surface area (Å²) in [4.78, 5) is 14.5. The number of benzene rings is 1. The monoisotopic (exact) mass is 333 g/mol. The number of hydrogen-bond donors (Lipinski definition) is 1. The first-order valence-corrected chi connectivity index (χ1v) is 8.42. The SMILES string of the molecule is CN(C)c1nc(N)nc(CSCc2cccc3c2OCCO3)n1. The highest BCUT2D eigenvalue weighted by molar-refractivity contribution is 7.97. The second-order valence-electron chi connectivity index (χ2n) is 5.24. The number of ether oxygens (including phenoxy) is 2. The van der Waals surface area contributed by atoms with E-state index in [1.807, 2.05) is 37.2 Å². The molecule has 0 unspecified atom stereocenters. The quantitative estimate of drug-likeness (QED) is 0.885. The zero-order chi connectivity index (χ0) is 16.2. The molecule has 1 aromatic carbocycles. The summed E-state index contributed by atoms with van der Waals surface area (Å²) in [6.45, 7) is 1.19. The number of nitrogen functional groups attached to an aromatic ring is 1. The third-order valence-electron chi connectivity index (χ3n) is 3.22. The van der Waals surface area contributed by atoms with Gasteiger partial charge in [0.25, 0.3) is 0 Å². The molecule has 0 fully saturated rings. The Kier molecular flexibility index (Phi) is 4.71. The number of nitrogens with zero attached hydrogens (tertiary/aromatic N) is 4. The molecule has 0 spiro atoms. The Morgan fingerprint density at radius 3 is 2.78 bits per heavy atom. The van der Waals surface area contributed by atoms with E-state index >= 15 is 0 Å². The zero-order valence-corrected chi connectivity index (χ0v) is 14.0. The summed E-state index contributed by atoms with van der Waals surface area (Å²) in [5.74, 6) is 4.58. The van der Waals surface area contributed by atoms with Crippen LogP contribution in [0.5, 0.6) is 11.5 Å². The molecular weight excluding hydrogens is 314 g/mol. The standard InChI is InChI=1S/C15H19N5O2S/c1-20(2)15-18-12(17-14(16)19-15)9-23-8-10-4-3-5-11-13(10)22-7-6-21-11/h3-5H,6-9H2,1-2H3,(H2,16,17,18,19). The van der Waals surface area contributed by atoms with E-state index in [9.17, 15) is 0 Å². The summed E-state index contributed by atoms with van der Waals surface area (Å²) < 4.78 is 11.3. The van der Waals surface area contributed by atoms with Crippen molar-refractivity contribution in [3.63, 3.8) is 0 Å². The van der Waals surface area contributed by atoms with Crippen molar-refractivity contribution in [1.82, 2.24) is 15.0 Å². The molecule has 2 aromatic rings. The van der Waals surface area contributed by atoms with Crippen molar-refractivity contribution in [1.29, 1.82) is 0 Å². The first-order chi connectivity index (χ1) is 11.1. The van der Waals surface area contributed by atoms with Crippen molar-refractivity contribution in [2.75, 3.05) is 37.9 Å². The van der Waals surface area contributed by atoms with Gasteiger partial charge in [0, 0.05) is 25.4 Å². The minimum atomic E-state index is 0.244. The van der Waals surface area contributed by atoms with Crippen LogP contribution in [0.4, 0.5) is 11.9 Å². The first-order valence-electron chi connectivity index (χ1n) is 7.26. The van der Waals surface area contributed by atoms with Crippen LogP contribution < -0.4 is 20.1 Å². The van der Waals surface area contributed by atoms with Gasteiger partial charge in [0.1, 0.15) is 19.0 Å².